The third-order valence-corrected chi connectivity index (χ3v) is 3.03. The van der Waals surface area contributed by atoms with Crippen LogP contribution in [0, 0.1) is 13.8 Å². The fourth-order valence-corrected chi connectivity index (χ4v) is 2.05. The molecule has 0 spiro atoms. The molecular formula is C13H19N5. The molecule has 0 aliphatic rings. The van der Waals surface area contributed by atoms with Crippen molar-refractivity contribution in [2.45, 2.75) is 33.7 Å². The molecule has 0 aliphatic carbocycles. The lowest BCUT2D eigenvalue weighted by atomic mass is 10.1. The fourth-order valence-electron chi connectivity index (χ4n) is 2.05. The van der Waals surface area contributed by atoms with E-state index >= 15 is 0 Å². The molecule has 0 saturated heterocycles. The zero-order valence-electron chi connectivity index (χ0n) is 11.3. The smallest absolute Gasteiger partial charge is 0.157 e. The Morgan fingerprint density at radius 2 is 2.11 bits per heavy atom. The van der Waals surface area contributed by atoms with E-state index in [0.29, 0.717) is 6.04 Å². The van der Waals surface area contributed by atoms with Gasteiger partial charge in [0.25, 0.3) is 0 Å². The minimum atomic E-state index is 0.298. The van der Waals surface area contributed by atoms with Gasteiger partial charge in [0.05, 0.1) is 6.20 Å². The number of aromatic nitrogens is 4. The third-order valence-electron chi connectivity index (χ3n) is 3.03. The normalized spacial score (nSPS) is 12.7. The highest BCUT2D eigenvalue weighted by Gasteiger charge is 2.13. The average Bonchev–Trinajstić information content (AvgIpc) is 2.71. The SMILES string of the molecule is CCNC(C)c1cnn(-c2cc(C)ncn2)c1C. The van der Waals surface area contributed by atoms with Crippen LogP contribution in [0.1, 0.15) is 36.8 Å². The predicted octanol–water partition coefficient (Wildman–Crippen LogP) is 1.95. The van der Waals surface area contributed by atoms with Crippen molar-refractivity contribution in [3.63, 3.8) is 0 Å². The molecule has 1 unspecified atom stereocenters. The highest BCUT2D eigenvalue weighted by atomic mass is 15.3. The zero-order chi connectivity index (χ0) is 13.1. The molecule has 2 aromatic heterocycles. The van der Waals surface area contributed by atoms with Crippen LogP contribution in [-0.4, -0.2) is 26.3 Å². The Hall–Kier alpha value is -1.75. The Morgan fingerprint density at radius 1 is 1.33 bits per heavy atom. The van der Waals surface area contributed by atoms with Crippen LogP contribution in [0.5, 0.6) is 0 Å². The quantitative estimate of drug-likeness (QED) is 0.894. The molecule has 0 bridgehead atoms. The molecule has 0 fully saturated rings. The lowest BCUT2D eigenvalue weighted by Crippen LogP contribution is -2.18. The van der Waals surface area contributed by atoms with Gasteiger partial charge in [0, 0.05) is 29.1 Å². The molecule has 96 valence electrons. The van der Waals surface area contributed by atoms with Crippen LogP contribution in [-0.2, 0) is 0 Å². The first-order valence-corrected chi connectivity index (χ1v) is 6.20. The minimum Gasteiger partial charge on any atom is -0.310 e. The lowest BCUT2D eigenvalue weighted by molar-refractivity contribution is 0.594. The molecule has 0 saturated carbocycles. The maximum atomic E-state index is 4.42. The van der Waals surface area contributed by atoms with Gasteiger partial charge in [-0.1, -0.05) is 6.92 Å². The molecule has 0 aliphatic heterocycles. The molecule has 2 aromatic rings. The number of aryl methyl sites for hydroxylation is 1. The van der Waals surface area contributed by atoms with Crippen molar-refractivity contribution in [1.29, 1.82) is 0 Å². The van der Waals surface area contributed by atoms with Crippen LogP contribution in [0.2, 0.25) is 0 Å². The van der Waals surface area contributed by atoms with Crippen LogP contribution in [0.25, 0.3) is 5.82 Å². The molecule has 0 aromatic carbocycles. The third kappa shape index (κ3) is 2.41. The van der Waals surface area contributed by atoms with Crippen molar-refractivity contribution in [2.75, 3.05) is 6.54 Å². The van der Waals surface area contributed by atoms with Gasteiger partial charge in [0.15, 0.2) is 5.82 Å². The Morgan fingerprint density at radius 3 is 2.78 bits per heavy atom. The molecule has 1 N–H and O–H groups in total. The number of nitrogens with zero attached hydrogens (tertiary/aromatic N) is 4. The molecule has 1 atom stereocenters. The summed E-state index contributed by atoms with van der Waals surface area (Å²) >= 11 is 0. The van der Waals surface area contributed by atoms with E-state index in [1.165, 1.54) is 5.56 Å². The van der Waals surface area contributed by atoms with E-state index in [0.717, 1.165) is 23.8 Å². The second-order valence-electron chi connectivity index (χ2n) is 4.39. The van der Waals surface area contributed by atoms with Crippen molar-refractivity contribution >= 4 is 0 Å². The standard InChI is InChI=1S/C13H19N5/c1-5-14-10(3)12-7-17-18(11(12)4)13-6-9(2)15-8-16-13/h6-8,10,14H,5H2,1-4H3. The van der Waals surface area contributed by atoms with Crippen LogP contribution in [0.15, 0.2) is 18.6 Å². The van der Waals surface area contributed by atoms with Crippen molar-refractivity contribution in [3.8, 4) is 5.82 Å². The van der Waals surface area contributed by atoms with E-state index in [4.69, 9.17) is 0 Å². The van der Waals surface area contributed by atoms with Gasteiger partial charge >= 0.3 is 0 Å². The first-order valence-electron chi connectivity index (χ1n) is 6.20. The van der Waals surface area contributed by atoms with E-state index in [2.05, 4.69) is 41.2 Å². The Kier molecular flexibility index (Phi) is 3.72. The maximum Gasteiger partial charge on any atom is 0.157 e. The van der Waals surface area contributed by atoms with Crippen LogP contribution < -0.4 is 5.32 Å². The van der Waals surface area contributed by atoms with E-state index in [1.54, 1.807) is 6.33 Å². The summed E-state index contributed by atoms with van der Waals surface area (Å²) in [7, 11) is 0. The second-order valence-corrected chi connectivity index (χ2v) is 4.39. The number of nitrogens with one attached hydrogen (secondary N) is 1. The molecule has 5 heteroatoms. The van der Waals surface area contributed by atoms with Gasteiger partial charge in [0.2, 0.25) is 0 Å². The molecular weight excluding hydrogens is 226 g/mol. The highest BCUT2D eigenvalue weighted by Crippen LogP contribution is 2.19. The molecule has 2 heterocycles. The van der Waals surface area contributed by atoms with E-state index in [-0.39, 0.29) is 0 Å². The monoisotopic (exact) mass is 245 g/mol. The lowest BCUT2D eigenvalue weighted by Gasteiger charge is -2.12. The summed E-state index contributed by atoms with van der Waals surface area (Å²) in [5.41, 5.74) is 3.26. The van der Waals surface area contributed by atoms with E-state index in [1.807, 2.05) is 23.9 Å². The van der Waals surface area contributed by atoms with Gasteiger partial charge in [-0.2, -0.15) is 5.10 Å². The largest absolute Gasteiger partial charge is 0.310 e. The second kappa shape index (κ2) is 5.27. The first kappa shape index (κ1) is 12.7. The molecule has 0 amide bonds. The van der Waals surface area contributed by atoms with Gasteiger partial charge in [-0.25, -0.2) is 14.6 Å². The summed E-state index contributed by atoms with van der Waals surface area (Å²) in [5.74, 6) is 0.815. The van der Waals surface area contributed by atoms with Crippen molar-refractivity contribution in [2.24, 2.45) is 0 Å². The van der Waals surface area contributed by atoms with E-state index in [9.17, 15) is 0 Å². The van der Waals surface area contributed by atoms with Crippen molar-refractivity contribution in [3.05, 3.63) is 35.5 Å². The highest BCUT2D eigenvalue weighted by molar-refractivity contribution is 5.30. The Labute approximate surface area is 107 Å². The van der Waals surface area contributed by atoms with E-state index < -0.39 is 0 Å². The molecule has 5 nitrogen and oxygen atoms in total. The number of hydrogen-bond acceptors (Lipinski definition) is 4. The van der Waals surface area contributed by atoms with Gasteiger partial charge in [-0.15, -0.1) is 0 Å². The summed E-state index contributed by atoms with van der Waals surface area (Å²) < 4.78 is 1.86. The van der Waals surface area contributed by atoms with Gasteiger partial charge < -0.3 is 5.32 Å². The molecule has 0 radical (unpaired) electrons. The summed E-state index contributed by atoms with van der Waals surface area (Å²) in [5, 5.41) is 7.81. The van der Waals surface area contributed by atoms with Gasteiger partial charge in [-0.3, -0.25) is 0 Å². The Bertz CT molecular complexity index is 532. The topological polar surface area (TPSA) is 55.6 Å². The summed E-state index contributed by atoms with van der Waals surface area (Å²) in [4.78, 5) is 8.36. The summed E-state index contributed by atoms with van der Waals surface area (Å²) in [6, 6.07) is 2.23. The van der Waals surface area contributed by atoms with Crippen molar-refractivity contribution < 1.29 is 0 Å². The van der Waals surface area contributed by atoms with Crippen molar-refractivity contribution in [1.82, 2.24) is 25.1 Å². The maximum absolute atomic E-state index is 4.42. The molecule has 18 heavy (non-hydrogen) atoms. The van der Waals surface area contributed by atoms with Gasteiger partial charge in [0.1, 0.15) is 6.33 Å². The number of rotatable bonds is 4. The van der Waals surface area contributed by atoms with Crippen LogP contribution in [0.3, 0.4) is 0 Å². The Balaban J connectivity index is 2.36. The minimum absolute atomic E-state index is 0.298. The van der Waals surface area contributed by atoms with Crippen LogP contribution >= 0.6 is 0 Å². The summed E-state index contributed by atoms with van der Waals surface area (Å²) in [6.45, 7) is 9.20. The number of hydrogen-bond donors (Lipinski definition) is 1. The predicted molar refractivity (Wildman–Crippen MR) is 70.7 cm³/mol. The first-order chi connectivity index (χ1) is 8.63. The van der Waals surface area contributed by atoms with Gasteiger partial charge in [-0.05, 0) is 27.3 Å². The molecule has 2 rings (SSSR count). The van der Waals surface area contributed by atoms with Crippen LogP contribution in [0.4, 0.5) is 0 Å². The summed E-state index contributed by atoms with van der Waals surface area (Å²) in [6.07, 6.45) is 3.47. The zero-order valence-corrected chi connectivity index (χ0v) is 11.3. The average molecular weight is 245 g/mol. The fraction of sp³-hybridized carbons (Fsp3) is 0.462.